The van der Waals surface area contributed by atoms with E-state index in [1.54, 1.807) is 12.4 Å². The zero-order valence-electron chi connectivity index (χ0n) is 10.1. The summed E-state index contributed by atoms with van der Waals surface area (Å²) in [5.41, 5.74) is 1.38. The molecule has 0 aromatic rings. The van der Waals surface area contributed by atoms with Gasteiger partial charge in [-0.1, -0.05) is 20.3 Å². The highest BCUT2D eigenvalue weighted by atomic mass is 16.1. The first-order valence-electron chi connectivity index (χ1n) is 5.74. The summed E-state index contributed by atoms with van der Waals surface area (Å²) in [5, 5.41) is 0. The van der Waals surface area contributed by atoms with E-state index in [1.807, 2.05) is 13.8 Å². The smallest absolute Gasteiger partial charge is 0.201 e. The average Bonchev–Trinajstić information content (AvgIpc) is 2.90. The Morgan fingerprint density at radius 1 is 0.941 bits per heavy atom. The fourth-order valence-electron chi connectivity index (χ4n) is 1.40. The van der Waals surface area contributed by atoms with Crippen LogP contribution in [0.25, 0.3) is 0 Å². The molecule has 0 saturated heterocycles. The molecule has 0 spiro atoms. The third kappa shape index (κ3) is 3.90. The van der Waals surface area contributed by atoms with E-state index in [0.717, 1.165) is 19.3 Å². The van der Waals surface area contributed by atoms with Gasteiger partial charge in [-0.2, -0.15) is 0 Å². The number of carbonyl (C=O) groups excluding carboxylic acids is 2. The van der Waals surface area contributed by atoms with E-state index in [1.165, 1.54) is 12.2 Å². The Labute approximate surface area is 101 Å². The summed E-state index contributed by atoms with van der Waals surface area (Å²) in [7, 11) is 0. The zero-order valence-corrected chi connectivity index (χ0v) is 10.1. The van der Waals surface area contributed by atoms with Crippen molar-refractivity contribution in [1.82, 2.24) is 0 Å². The predicted octanol–water partition coefficient (Wildman–Crippen LogP) is 2.26. The number of ketones is 2. The molecule has 17 heavy (non-hydrogen) atoms. The summed E-state index contributed by atoms with van der Waals surface area (Å²) in [5.74, 6) is 0.143. The van der Waals surface area contributed by atoms with Crippen molar-refractivity contribution in [2.24, 2.45) is 9.98 Å². The van der Waals surface area contributed by atoms with Crippen molar-refractivity contribution in [3.63, 3.8) is 0 Å². The Morgan fingerprint density at radius 3 is 1.76 bits per heavy atom. The van der Waals surface area contributed by atoms with Crippen molar-refractivity contribution in [1.29, 1.82) is 0 Å². The van der Waals surface area contributed by atoms with Gasteiger partial charge in [-0.15, -0.1) is 0 Å². The Bertz CT molecular complexity index is 429. The molecule has 4 heteroatoms. The van der Waals surface area contributed by atoms with Crippen LogP contribution < -0.4 is 0 Å². The first kappa shape index (κ1) is 13.2. The van der Waals surface area contributed by atoms with Crippen molar-refractivity contribution < 1.29 is 9.59 Å². The minimum absolute atomic E-state index is 0.0625. The Kier molecular flexibility index (Phi) is 5.20. The number of aliphatic imine (C=N–C) groups is 2. The maximum atomic E-state index is 10.7. The molecule has 2 heterocycles. The number of hydrogen-bond acceptors (Lipinski definition) is 4. The number of hydrogen-bond donors (Lipinski definition) is 0. The van der Waals surface area contributed by atoms with Crippen molar-refractivity contribution in [3.05, 3.63) is 24.6 Å². The van der Waals surface area contributed by atoms with Crippen LogP contribution in [0.1, 0.15) is 33.1 Å². The topological polar surface area (TPSA) is 58.9 Å². The minimum atomic E-state index is 0.0625. The van der Waals surface area contributed by atoms with Crippen molar-refractivity contribution in [2.75, 3.05) is 0 Å². The predicted molar refractivity (Wildman–Crippen MR) is 68.4 cm³/mol. The average molecular weight is 232 g/mol. The summed E-state index contributed by atoms with van der Waals surface area (Å²) in [6.07, 6.45) is 8.64. The van der Waals surface area contributed by atoms with Crippen LogP contribution in [-0.4, -0.2) is 23.0 Å². The first-order chi connectivity index (χ1) is 8.19. The SMILES string of the molecule is CCC1=NC=CC1=O.CCCC1=NC=CC1=O. The van der Waals surface area contributed by atoms with Crippen LogP contribution in [0.4, 0.5) is 0 Å². The highest BCUT2D eigenvalue weighted by Gasteiger charge is 2.09. The monoisotopic (exact) mass is 232 g/mol. The molecule has 0 saturated carbocycles. The van der Waals surface area contributed by atoms with E-state index < -0.39 is 0 Å². The Balaban J connectivity index is 0.000000171. The number of rotatable bonds is 3. The largest absolute Gasteiger partial charge is 0.288 e. The lowest BCUT2D eigenvalue weighted by Crippen LogP contribution is -2.06. The van der Waals surface area contributed by atoms with Gasteiger partial charge in [0.15, 0.2) is 0 Å². The second-order valence-electron chi connectivity index (χ2n) is 3.62. The van der Waals surface area contributed by atoms with Gasteiger partial charge < -0.3 is 0 Å². The second kappa shape index (κ2) is 6.68. The van der Waals surface area contributed by atoms with Gasteiger partial charge in [-0.25, -0.2) is 0 Å². The van der Waals surface area contributed by atoms with Crippen LogP contribution >= 0.6 is 0 Å². The van der Waals surface area contributed by atoms with Crippen molar-refractivity contribution >= 4 is 23.0 Å². The van der Waals surface area contributed by atoms with E-state index in [0.29, 0.717) is 11.4 Å². The highest BCUT2D eigenvalue weighted by Crippen LogP contribution is 2.01. The van der Waals surface area contributed by atoms with Gasteiger partial charge in [0.1, 0.15) is 0 Å². The van der Waals surface area contributed by atoms with Crippen LogP contribution in [0.2, 0.25) is 0 Å². The van der Waals surface area contributed by atoms with Gasteiger partial charge in [-0.3, -0.25) is 19.6 Å². The highest BCUT2D eigenvalue weighted by molar-refractivity contribution is 6.45. The molecule has 0 atom stereocenters. The molecule has 4 nitrogen and oxygen atoms in total. The van der Waals surface area contributed by atoms with Gasteiger partial charge in [-0.05, 0) is 12.8 Å². The van der Waals surface area contributed by atoms with Gasteiger partial charge in [0.05, 0.1) is 11.4 Å². The fraction of sp³-hybridized carbons (Fsp3) is 0.385. The molecule has 2 aliphatic rings. The lowest BCUT2D eigenvalue weighted by Gasteiger charge is -1.90. The van der Waals surface area contributed by atoms with Crippen LogP contribution in [0.5, 0.6) is 0 Å². The summed E-state index contributed by atoms with van der Waals surface area (Å²) < 4.78 is 0. The van der Waals surface area contributed by atoms with Crippen molar-refractivity contribution in [2.45, 2.75) is 33.1 Å². The molecule has 0 N–H and O–H groups in total. The summed E-state index contributed by atoms with van der Waals surface area (Å²) in [6, 6.07) is 0. The van der Waals surface area contributed by atoms with Gasteiger partial charge >= 0.3 is 0 Å². The molecule has 0 aliphatic carbocycles. The molecule has 0 aromatic heterocycles. The third-order valence-electron chi connectivity index (χ3n) is 2.30. The van der Waals surface area contributed by atoms with Crippen LogP contribution in [-0.2, 0) is 9.59 Å². The molecule has 2 aliphatic heterocycles. The van der Waals surface area contributed by atoms with Crippen LogP contribution in [0.15, 0.2) is 34.5 Å². The Hall–Kier alpha value is -1.84. The lowest BCUT2D eigenvalue weighted by atomic mass is 10.2. The fourth-order valence-corrected chi connectivity index (χ4v) is 1.40. The number of allylic oxidation sites excluding steroid dienone is 2. The molecule has 0 unspecified atom stereocenters. The van der Waals surface area contributed by atoms with E-state index in [-0.39, 0.29) is 11.6 Å². The van der Waals surface area contributed by atoms with E-state index in [4.69, 9.17) is 0 Å². The quantitative estimate of drug-likeness (QED) is 0.749. The summed E-state index contributed by atoms with van der Waals surface area (Å²) in [4.78, 5) is 29.0. The maximum absolute atomic E-state index is 10.7. The molecule has 0 amide bonds. The Morgan fingerprint density at radius 2 is 1.47 bits per heavy atom. The van der Waals surface area contributed by atoms with E-state index in [2.05, 4.69) is 9.98 Å². The minimum Gasteiger partial charge on any atom is -0.288 e. The number of nitrogens with zero attached hydrogens (tertiary/aromatic N) is 2. The normalized spacial score (nSPS) is 16.8. The number of carbonyl (C=O) groups is 2. The van der Waals surface area contributed by atoms with Crippen molar-refractivity contribution in [3.8, 4) is 0 Å². The standard InChI is InChI=1S/C7H9NO.C6H7NO/c1-2-3-6-7(9)4-5-8-6;1-2-5-6(8)3-4-7-5/h4-5H,2-3H2,1H3;3-4H,2H2,1H3. The van der Waals surface area contributed by atoms with Gasteiger partial charge in [0.2, 0.25) is 11.6 Å². The first-order valence-corrected chi connectivity index (χ1v) is 5.74. The molecular weight excluding hydrogens is 216 g/mol. The third-order valence-corrected chi connectivity index (χ3v) is 2.30. The molecular formula is C13H16N2O2. The zero-order chi connectivity index (χ0) is 12.7. The lowest BCUT2D eigenvalue weighted by molar-refractivity contribution is -0.109. The van der Waals surface area contributed by atoms with Gasteiger partial charge in [0.25, 0.3) is 0 Å². The second-order valence-corrected chi connectivity index (χ2v) is 3.62. The summed E-state index contributed by atoms with van der Waals surface area (Å²) in [6.45, 7) is 3.96. The molecule has 0 bridgehead atoms. The summed E-state index contributed by atoms with van der Waals surface area (Å²) >= 11 is 0. The molecule has 0 radical (unpaired) electrons. The van der Waals surface area contributed by atoms with E-state index in [9.17, 15) is 9.59 Å². The molecule has 90 valence electrons. The maximum Gasteiger partial charge on any atom is 0.201 e. The molecule has 0 fully saturated rings. The van der Waals surface area contributed by atoms with Gasteiger partial charge in [0, 0.05) is 24.6 Å². The van der Waals surface area contributed by atoms with E-state index >= 15 is 0 Å². The van der Waals surface area contributed by atoms with Crippen LogP contribution in [0.3, 0.4) is 0 Å². The van der Waals surface area contributed by atoms with Crippen LogP contribution in [0, 0.1) is 0 Å². The molecule has 2 rings (SSSR count). The molecule has 0 aromatic carbocycles.